The Bertz CT molecular complexity index is 1190. The fraction of sp³-hybridized carbons (Fsp3) is 0.583. The Morgan fingerprint density at radius 3 is 1.95 bits per heavy atom. The van der Waals surface area contributed by atoms with Gasteiger partial charge in [-0.05, 0) is 6.42 Å². The quantitative estimate of drug-likeness (QED) is 0.0785. The van der Waals surface area contributed by atoms with Crippen LogP contribution in [0.5, 0.6) is 0 Å². The molecule has 0 amide bonds. The number of ether oxygens (including phenoxy) is 4. The molecule has 3 aliphatic rings. The number of carbonyl (C=O) groups excluding carboxylic acids is 3. The number of hydrogen-bond donors (Lipinski definition) is 0. The molecule has 3 unspecified atom stereocenters. The first-order chi connectivity index (χ1) is 21.4. The van der Waals surface area contributed by atoms with Crippen molar-refractivity contribution in [1.29, 1.82) is 0 Å². The van der Waals surface area contributed by atoms with Crippen LogP contribution in [-0.4, -0.2) is 60.1 Å². The van der Waals surface area contributed by atoms with Crippen LogP contribution in [0.1, 0.15) is 102 Å². The Morgan fingerprint density at radius 2 is 1.39 bits per heavy atom. The fourth-order valence-corrected chi connectivity index (χ4v) is 7.87. The van der Waals surface area contributed by atoms with E-state index in [4.69, 9.17) is 18.9 Å². The molecule has 3 heterocycles. The first kappa shape index (κ1) is 32.0. The molecule has 1 spiro atoms. The fourth-order valence-electron chi connectivity index (χ4n) is 7.87. The second kappa shape index (κ2) is 14.6. The molecule has 3 aliphatic heterocycles. The summed E-state index contributed by atoms with van der Waals surface area (Å²) in [7, 11) is 0. The normalized spacial score (nSPS) is 22.7. The first-order valence-electron chi connectivity index (χ1n) is 16.6. The van der Waals surface area contributed by atoms with Gasteiger partial charge in [-0.2, -0.15) is 0 Å². The van der Waals surface area contributed by atoms with E-state index in [1.54, 1.807) is 48.5 Å². The second-order valence-corrected chi connectivity index (χ2v) is 12.7. The third kappa shape index (κ3) is 6.96. The average Bonchev–Trinajstić information content (AvgIpc) is 3.57. The van der Waals surface area contributed by atoms with Gasteiger partial charge in [0.25, 0.3) is 5.60 Å². The summed E-state index contributed by atoms with van der Waals surface area (Å²) >= 11 is 0. The van der Waals surface area contributed by atoms with Crippen LogP contribution < -0.4 is 0 Å². The lowest BCUT2D eigenvalue weighted by atomic mass is 9.85. The molecular weight excluding hydrogens is 558 g/mol. The van der Waals surface area contributed by atoms with Gasteiger partial charge in [-0.3, -0.25) is 4.79 Å². The third-order valence-corrected chi connectivity index (χ3v) is 9.96. The molecule has 3 saturated heterocycles. The maximum absolute atomic E-state index is 14.4. The van der Waals surface area contributed by atoms with E-state index in [9.17, 15) is 14.4 Å². The molecule has 2 aromatic rings. The van der Waals surface area contributed by atoms with Crippen molar-refractivity contribution in [2.24, 2.45) is 0 Å². The smallest absolute Gasteiger partial charge is 0.458 e. The summed E-state index contributed by atoms with van der Waals surface area (Å²) in [6, 6.07) is 18.9. The summed E-state index contributed by atoms with van der Waals surface area (Å²) in [4.78, 5) is 40.1. The van der Waals surface area contributed by atoms with E-state index in [0.29, 0.717) is 23.2 Å². The Balaban J connectivity index is 1.32. The van der Waals surface area contributed by atoms with E-state index in [2.05, 4.69) is 6.92 Å². The number of carbonyl (C=O) groups is 3. The molecule has 2 bridgehead atoms. The van der Waals surface area contributed by atoms with Crippen LogP contribution in [0.4, 0.5) is 4.79 Å². The molecule has 0 N–H and O–H groups in total. The number of esters is 2. The summed E-state index contributed by atoms with van der Waals surface area (Å²) in [6.45, 7) is 6.06. The van der Waals surface area contributed by atoms with Crippen LogP contribution in [-0.2, 0) is 34.1 Å². The van der Waals surface area contributed by atoms with Crippen LogP contribution in [0.15, 0.2) is 60.7 Å². The second-order valence-electron chi connectivity index (χ2n) is 12.7. The predicted molar refractivity (Wildman–Crippen MR) is 165 cm³/mol. The van der Waals surface area contributed by atoms with Gasteiger partial charge in [-0.15, -0.1) is 0 Å². The monoisotopic (exact) mass is 606 g/mol. The Morgan fingerprint density at radius 1 is 0.818 bits per heavy atom. The van der Waals surface area contributed by atoms with Crippen molar-refractivity contribution >= 4 is 18.1 Å². The maximum atomic E-state index is 14.4. The summed E-state index contributed by atoms with van der Waals surface area (Å²) < 4.78 is 24.3. The number of nitrogens with zero attached hydrogens (tertiary/aromatic N) is 1. The molecule has 0 saturated carbocycles. The highest BCUT2D eigenvalue weighted by atomic mass is 16.8. The summed E-state index contributed by atoms with van der Waals surface area (Å²) in [5.74, 6) is -1.09. The zero-order chi connectivity index (χ0) is 31.0. The largest absolute Gasteiger partial charge is 0.513 e. The molecule has 238 valence electrons. The SMILES string of the molecule is CCCCCCCC(=O)OC(C)OC(=O)OC(C(=O)OC1CC2CCC(C1)[N+]21CCCC1)(c1ccccc1)c1ccccc1. The molecule has 0 aromatic heterocycles. The lowest BCUT2D eigenvalue weighted by Gasteiger charge is -2.47. The number of benzene rings is 2. The number of piperidine rings is 1. The van der Waals surface area contributed by atoms with E-state index in [1.165, 1.54) is 50.2 Å². The summed E-state index contributed by atoms with van der Waals surface area (Å²) in [5.41, 5.74) is -1.00. The molecule has 44 heavy (non-hydrogen) atoms. The first-order valence-corrected chi connectivity index (χ1v) is 16.6. The average molecular weight is 607 g/mol. The van der Waals surface area contributed by atoms with Gasteiger partial charge in [0.05, 0.1) is 25.2 Å². The third-order valence-electron chi connectivity index (χ3n) is 9.96. The van der Waals surface area contributed by atoms with Crippen molar-refractivity contribution in [3.63, 3.8) is 0 Å². The van der Waals surface area contributed by atoms with E-state index >= 15 is 0 Å². The summed E-state index contributed by atoms with van der Waals surface area (Å²) in [6.07, 6.45) is 9.19. The van der Waals surface area contributed by atoms with Gasteiger partial charge < -0.3 is 23.4 Å². The molecule has 8 heteroatoms. The van der Waals surface area contributed by atoms with Gasteiger partial charge in [0, 0.05) is 63.0 Å². The van der Waals surface area contributed by atoms with Crippen LogP contribution >= 0.6 is 0 Å². The minimum atomic E-state index is -1.90. The maximum Gasteiger partial charge on any atom is 0.513 e. The van der Waals surface area contributed by atoms with Crippen molar-refractivity contribution in [2.45, 2.75) is 121 Å². The van der Waals surface area contributed by atoms with Crippen LogP contribution in [0.2, 0.25) is 0 Å². The van der Waals surface area contributed by atoms with Gasteiger partial charge in [0.15, 0.2) is 0 Å². The lowest BCUT2D eigenvalue weighted by molar-refractivity contribution is -0.956. The van der Waals surface area contributed by atoms with Crippen LogP contribution in [0.3, 0.4) is 0 Å². The molecule has 0 aliphatic carbocycles. The Labute approximate surface area is 261 Å². The molecular formula is C36H48NO7+. The lowest BCUT2D eigenvalue weighted by Crippen LogP contribution is -2.60. The van der Waals surface area contributed by atoms with Crippen molar-refractivity contribution < 1.29 is 37.8 Å². The van der Waals surface area contributed by atoms with Gasteiger partial charge in [-0.25, -0.2) is 9.59 Å². The molecule has 2 aromatic carbocycles. The van der Waals surface area contributed by atoms with E-state index in [0.717, 1.165) is 44.9 Å². The van der Waals surface area contributed by atoms with Crippen molar-refractivity contribution in [3.8, 4) is 0 Å². The Kier molecular flexibility index (Phi) is 10.6. The standard InChI is InChI=1S/C36H48NO7/c1-3-4-5-6-13-20-33(38)41-27(2)42-35(40)44-36(28-16-9-7-10-17-28,29-18-11-8-12-19-29)34(39)43-32-25-30-21-22-31(26-32)37(30)23-14-15-24-37/h7-12,16-19,27,30-32H,3-6,13-15,20-26H2,1-2H3/q+1. The highest BCUT2D eigenvalue weighted by Crippen LogP contribution is 2.47. The zero-order valence-corrected chi connectivity index (χ0v) is 26.3. The van der Waals surface area contributed by atoms with E-state index in [1.807, 2.05) is 12.1 Å². The van der Waals surface area contributed by atoms with Crippen molar-refractivity contribution in [1.82, 2.24) is 0 Å². The van der Waals surface area contributed by atoms with Gasteiger partial charge in [0.1, 0.15) is 6.10 Å². The number of rotatable bonds is 13. The van der Waals surface area contributed by atoms with E-state index < -0.39 is 30.0 Å². The van der Waals surface area contributed by atoms with Gasteiger partial charge >= 0.3 is 18.1 Å². The van der Waals surface area contributed by atoms with Crippen LogP contribution in [0, 0.1) is 0 Å². The predicted octanol–water partition coefficient (Wildman–Crippen LogP) is 7.18. The van der Waals surface area contributed by atoms with E-state index in [-0.39, 0.29) is 12.5 Å². The highest BCUT2D eigenvalue weighted by molar-refractivity contribution is 5.88. The minimum Gasteiger partial charge on any atom is -0.458 e. The molecule has 0 radical (unpaired) electrons. The topological polar surface area (TPSA) is 88.1 Å². The Hall–Kier alpha value is -3.39. The number of hydrogen-bond acceptors (Lipinski definition) is 7. The molecule has 3 fully saturated rings. The highest BCUT2D eigenvalue weighted by Gasteiger charge is 2.57. The number of quaternary nitrogens is 1. The summed E-state index contributed by atoms with van der Waals surface area (Å²) in [5, 5.41) is 0. The number of unbranched alkanes of at least 4 members (excludes halogenated alkanes) is 4. The van der Waals surface area contributed by atoms with Gasteiger partial charge in [0.2, 0.25) is 6.29 Å². The van der Waals surface area contributed by atoms with Crippen molar-refractivity contribution in [2.75, 3.05) is 13.1 Å². The zero-order valence-electron chi connectivity index (χ0n) is 26.3. The molecule has 3 atom stereocenters. The van der Waals surface area contributed by atoms with Crippen LogP contribution in [0.25, 0.3) is 0 Å². The van der Waals surface area contributed by atoms with Gasteiger partial charge in [-0.1, -0.05) is 93.3 Å². The molecule has 8 nitrogen and oxygen atoms in total. The molecule has 5 rings (SSSR count). The van der Waals surface area contributed by atoms with Crippen molar-refractivity contribution in [3.05, 3.63) is 71.8 Å². The minimum absolute atomic E-state index is 0.250.